The van der Waals surface area contributed by atoms with Crippen molar-refractivity contribution in [1.82, 2.24) is 0 Å². The molecular weight excluding hydrogens is 224 g/mol. The van der Waals surface area contributed by atoms with Crippen LogP contribution in [-0.2, 0) is 0 Å². The summed E-state index contributed by atoms with van der Waals surface area (Å²) in [6.45, 7) is 6.07. The Morgan fingerprint density at radius 3 is 2.00 bits per heavy atom. The molecule has 2 N–H and O–H groups in total. The number of carbonyl (C=O) groups is 2. The van der Waals surface area contributed by atoms with Gasteiger partial charge in [0.2, 0.25) is 0 Å². The van der Waals surface area contributed by atoms with Gasteiger partial charge < -0.3 is 10.2 Å². The summed E-state index contributed by atoms with van der Waals surface area (Å²) < 4.78 is 0. The van der Waals surface area contributed by atoms with E-state index in [0.717, 1.165) is 5.19 Å². The number of rotatable bonds is 3. The fraction of sp³-hybridized carbons (Fsp3) is 0.273. The molecule has 0 aromatic heterocycles. The standard InChI is InChI=1S/C11H14O4Si/c1-16(2,3)9-5-4-7(10(12)13)6-8(9)11(14)15/h4-6H,1-3H3,(H,12,13)(H,14,15). The van der Waals surface area contributed by atoms with Crippen molar-refractivity contribution in [2.24, 2.45) is 0 Å². The average Bonchev–Trinajstić information content (AvgIpc) is 2.15. The Hall–Kier alpha value is -1.62. The third-order valence-electron chi connectivity index (χ3n) is 2.30. The lowest BCUT2D eigenvalue weighted by molar-refractivity contribution is 0.0696. The smallest absolute Gasteiger partial charge is 0.335 e. The molecule has 16 heavy (non-hydrogen) atoms. The Bertz CT molecular complexity index is 446. The molecule has 86 valence electrons. The zero-order chi connectivity index (χ0) is 12.5. The molecule has 0 unspecified atom stereocenters. The number of benzene rings is 1. The molecule has 0 heterocycles. The maximum absolute atomic E-state index is 11.1. The second-order valence-electron chi connectivity index (χ2n) is 4.62. The van der Waals surface area contributed by atoms with Crippen LogP contribution in [0.5, 0.6) is 0 Å². The second kappa shape index (κ2) is 4.09. The van der Waals surface area contributed by atoms with Crippen LogP contribution in [0.3, 0.4) is 0 Å². The Morgan fingerprint density at radius 1 is 1.06 bits per heavy atom. The fourth-order valence-corrected chi connectivity index (χ4v) is 3.08. The Morgan fingerprint density at radius 2 is 1.62 bits per heavy atom. The lowest BCUT2D eigenvalue weighted by Gasteiger charge is -2.19. The Labute approximate surface area is 94.5 Å². The maximum Gasteiger partial charge on any atom is 0.335 e. The van der Waals surface area contributed by atoms with Crippen LogP contribution in [0.4, 0.5) is 0 Å². The van der Waals surface area contributed by atoms with E-state index in [-0.39, 0.29) is 11.1 Å². The molecule has 1 aromatic carbocycles. The van der Waals surface area contributed by atoms with Crippen molar-refractivity contribution in [1.29, 1.82) is 0 Å². The molecule has 0 saturated carbocycles. The predicted octanol–water partition coefficient (Wildman–Crippen LogP) is 1.63. The average molecular weight is 238 g/mol. The van der Waals surface area contributed by atoms with Crippen molar-refractivity contribution in [3.63, 3.8) is 0 Å². The van der Waals surface area contributed by atoms with Gasteiger partial charge in [0.25, 0.3) is 0 Å². The number of hydrogen-bond acceptors (Lipinski definition) is 2. The first-order valence-corrected chi connectivity index (χ1v) is 8.34. The minimum absolute atomic E-state index is 0.0133. The maximum atomic E-state index is 11.1. The Balaban J connectivity index is 3.43. The van der Waals surface area contributed by atoms with E-state index in [2.05, 4.69) is 0 Å². The summed E-state index contributed by atoms with van der Waals surface area (Å²) in [6.07, 6.45) is 0. The SMILES string of the molecule is C[Si](C)(C)c1ccc(C(=O)O)cc1C(=O)O. The van der Waals surface area contributed by atoms with Gasteiger partial charge in [0.1, 0.15) is 0 Å². The molecule has 4 nitrogen and oxygen atoms in total. The summed E-state index contributed by atoms with van der Waals surface area (Å²) >= 11 is 0. The number of aromatic carboxylic acids is 2. The zero-order valence-electron chi connectivity index (χ0n) is 9.44. The van der Waals surface area contributed by atoms with E-state index >= 15 is 0 Å². The highest BCUT2D eigenvalue weighted by molar-refractivity contribution is 6.89. The van der Waals surface area contributed by atoms with Crippen LogP contribution in [0.1, 0.15) is 20.7 Å². The molecule has 0 saturated heterocycles. The first-order chi connectivity index (χ1) is 7.23. The van der Waals surface area contributed by atoms with E-state index in [1.807, 2.05) is 19.6 Å². The quantitative estimate of drug-likeness (QED) is 0.785. The highest BCUT2D eigenvalue weighted by Gasteiger charge is 2.24. The lowest BCUT2D eigenvalue weighted by Crippen LogP contribution is -2.41. The van der Waals surface area contributed by atoms with E-state index in [1.165, 1.54) is 12.1 Å². The molecule has 5 heteroatoms. The minimum Gasteiger partial charge on any atom is -0.478 e. The van der Waals surface area contributed by atoms with Crippen LogP contribution < -0.4 is 5.19 Å². The molecule has 0 spiro atoms. The summed E-state index contributed by atoms with van der Waals surface area (Å²) in [5.41, 5.74) is 0.124. The zero-order valence-corrected chi connectivity index (χ0v) is 10.4. The van der Waals surface area contributed by atoms with E-state index in [1.54, 1.807) is 6.07 Å². The van der Waals surface area contributed by atoms with Crippen LogP contribution >= 0.6 is 0 Å². The van der Waals surface area contributed by atoms with Crippen LogP contribution in [-0.4, -0.2) is 30.2 Å². The summed E-state index contributed by atoms with van der Waals surface area (Å²) in [5, 5.41) is 18.6. The molecule has 1 rings (SSSR count). The predicted molar refractivity (Wildman–Crippen MR) is 63.3 cm³/mol. The normalized spacial score (nSPS) is 11.2. The third-order valence-corrected chi connectivity index (χ3v) is 4.36. The van der Waals surface area contributed by atoms with Crippen molar-refractivity contribution in [2.45, 2.75) is 19.6 Å². The molecule has 0 amide bonds. The van der Waals surface area contributed by atoms with Crippen LogP contribution in [0.2, 0.25) is 19.6 Å². The van der Waals surface area contributed by atoms with Gasteiger partial charge in [0, 0.05) is 0 Å². The fourth-order valence-electron chi connectivity index (χ4n) is 1.51. The first-order valence-electron chi connectivity index (χ1n) is 4.84. The minimum atomic E-state index is -1.77. The van der Waals surface area contributed by atoms with Gasteiger partial charge in [-0.1, -0.05) is 25.7 Å². The van der Waals surface area contributed by atoms with Gasteiger partial charge >= 0.3 is 11.9 Å². The first kappa shape index (κ1) is 12.4. The molecule has 0 radical (unpaired) electrons. The van der Waals surface area contributed by atoms with Crippen molar-refractivity contribution < 1.29 is 19.8 Å². The summed E-state index contributed by atoms with van der Waals surface area (Å²) in [7, 11) is -1.77. The van der Waals surface area contributed by atoms with Gasteiger partial charge in [0.05, 0.1) is 19.2 Å². The largest absolute Gasteiger partial charge is 0.478 e. The van der Waals surface area contributed by atoms with Gasteiger partial charge in [-0.15, -0.1) is 0 Å². The number of carboxylic acid groups (broad SMARTS) is 2. The third kappa shape index (κ3) is 2.49. The topological polar surface area (TPSA) is 74.6 Å². The molecule has 0 aliphatic heterocycles. The van der Waals surface area contributed by atoms with Gasteiger partial charge in [-0.05, 0) is 17.3 Å². The molecule has 0 aliphatic rings. The number of hydrogen-bond donors (Lipinski definition) is 2. The summed E-state index contributed by atoms with van der Waals surface area (Å²) in [5.74, 6) is -2.18. The van der Waals surface area contributed by atoms with Crippen LogP contribution in [0, 0.1) is 0 Å². The number of carboxylic acids is 2. The van der Waals surface area contributed by atoms with Gasteiger partial charge in [0.15, 0.2) is 0 Å². The van der Waals surface area contributed by atoms with Crippen molar-refractivity contribution in [3.8, 4) is 0 Å². The van der Waals surface area contributed by atoms with Crippen molar-refractivity contribution in [3.05, 3.63) is 29.3 Å². The van der Waals surface area contributed by atoms with Gasteiger partial charge in [-0.3, -0.25) is 0 Å². The monoisotopic (exact) mass is 238 g/mol. The molecule has 0 fully saturated rings. The molecule has 1 aromatic rings. The Kier molecular flexibility index (Phi) is 3.18. The highest BCUT2D eigenvalue weighted by atomic mass is 28.3. The van der Waals surface area contributed by atoms with Crippen molar-refractivity contribution >= 4 is 25.2 Å². The van der Waals surface area contributed by atoms with E-state index in [9.17, 15) is 9.59 Å². The molecular formula is C11H14O4Si. The highest BCUT2D eigenvalue weighted by Crippen LogP contribution is 2.10. The van der Waals surface area contributed by atoms with Gasteiger partial charge in [-0.25, -0.2) is 9.59 Å². The van der Waals surface area contributed by atoms with E-state index < -0.39 is 20.0 Å². The van der Waals surface area contributed by atoms with Gasteiger partial charge in [-0.2, -0.15) is 0 Å². The van der Waals surface area contributed by atoms with Crippen LogP contribution in [0.25, 0.3) is 0 Å². The summed E-state index contributed by atoms with van der Waals surface area (Å²) in [6, 6.07) is 4.32. The molecule has 0 aliphatic carbocycles. The van der Waals surface area contributed by atoms with Crippen LogP contribution in [0.15, 0.2) is 18.2 Å². The second-order valence-corrected chi connectivity index (χ2v) is 9.66. The van der Waals surface area contributed by atoms with Crippen molar-refractivity contribution in [2.75, 3.05) is 0 Å². The van der Waals surface area contributed by atoms with E-state index in [0.29, 0.717) is 0 Å². The van der Waals surface area contributed by atoms with E-state index in [4.69, 9.17) is 10.2 Å². The molecule has 0 bridgehead atoms. The summed E-state index contributed by atoms with van der Waals surface area (Å²) in [4.78, 5) is 21.8. The lowest BCUT2D eigenvalue weighted by atomic mass is 10.1. The molecule has 0 atom stereocenters.